The lowest BCUT2D eigenvalue weighted by molar-refractivity contribution is 0.673. The van der Waals surface area contributed by atoms with Gasteiger partial charge in [0.25, 0.3) is 0 Å². The zero-order valence-electron chi connectivity index (χ0n) is 17.1. The van der Waals surface area contributed by atoms with E-state index in [1.807, 2.05) is 0 Å². The van der Waals surface area contributed by atoms with E-state index in [-0.39, 0.29) is 0 Å². The summed E-state index contributed by atoms with van der Waals surface area (Å²) in [6.07, 6.45) is 0. The fraction of sp³-hybridized carbons (Fsp3) is 0. The van der Waals surface area contributed by atoms with Crippen molar-refractivity contribution in [1.82, 2.24) is 4.98 Å². The summed E-state index contributed by atoms with van der Waals surface area (Å²) in [7, 11) is 0. The number of fused-ring (bicyclic) bond motifs is 12. The molecular formula is C30H17NO. The predicted octanol–water partition coefficient (Wildman–Crippen LogP) is 8.68. The van der Waals surface area contributed by atoms with Crippen LogP contribution in [0.1, 0.15) is 0 Å². The van der Waals surface area contributed by atoms with Crippen LogP contribution in [-0.2, 0) is 0 Å². The van der Waals surface area contributed by atoms with E-state index >= 15 is 0 Å². The minimum atomic E-state index is 0.932. The van der Waals surface area contributed by atoms with Gasteiger partial charge in [0.2, 0.25) is 0 Å². The molecule has 0 aliphatic rings. The third kappa shape index (κ3) is 1.99. The molecule has 0 amide bonds. The maximum atomic E-state index is 6.60. The second-order valence-electron chi connectivity index (χ2n) is 8.66. The Kier molecular flexibility index (Phi) is 2.91. The summed E-state index contributed by atoms with van der Waals surface area (Å²) >= 11 is 0. The zero-order valence-corrected chi connectivity index (χ0v) is 17.1. The Morgan fingerprint density at radius 2 is 1.16 bits per heavy atom. The van der Waals surface area contributed by atoms with Gasteiger partial charge in [-0.15, -0.1) is 0 Å². The van der Waals surface area contributed by atoms with E-state index in [0.29, 0.717) is 0 Å². The highest BCUT2D eigenvalue weighted by molar-refractivity contribution is 6.26. The van der Waals surface area contributed by atoms with Crippen molar-refractivity contribution in [3.05, 3.63) is 97.1 Å². The van der Waals surface area contributed by atoms with Gasteiger partial charge in [-0.2, -0.15) is 0 Å². The molecule has 0 spiro atoms. The van der Waals surface area contributed by atoms with Crippen LogP contribution in [0.15, 0.2) is 101 Å². The molecule has 0 unspecified atom stereocenters. The van der Waals surface area contributed by atoms with Gasteiger partial charge >= 0.3 is 0 Å². The van der Waals surface area contributed by atoms with Gasteiger partial charge in [-0.1, -0.05) is 72.8 Å². The van der Waals surface area contributed by atoms with E-state index in [1.54, 1.807) is 0 Å². The van der Waals surface area contributed by atoms with Crippen molar-refractivity contribution in [2.45, 2.75) is 0 Å². The molecule has 32 heavy (non-hydrogen) atoms. The average Bonchev–Trinajstić information content (AvgIpc) is 3.39. The molecule has 0 fully saturated rings. The third-order valence-corrected chi connectivity index (χ3v) is 6.95. The molecule has 0 radical (unpaired) electrons. The van der Waals surface area contributed by atoms with Crippen molar-refractivity contribution in [2.24, 2.45) is 0 Å². The van der Waals surface area contributed by atoms with Crippen molar-refractivity contribution in [2.75, 3.05) is 0 Å². The van der Waals surface area contributed by atoms with Crippen LogP contribution in [0.2, 0.25) is 0 Å². The van der Waals surface area contributed by atoms with Crippen LogP contribution in [0.5, 0.6) is 0 Å². The summed E-state index contributed by atoms with van der Waals surface area (Å²) in [6.45, 7) is 0. The molecule has 0 saturated carbocycles. The minimum Gasteiger partial charge on any atom is -0.455 e. The van der Waals surface area contributed by atoms with Gasteiger partial charge in [-0.05, 0) is 51.2 Å². The van der Waals surface area contributed by atoms with Gasteiger partial charge in [-0.25, -0.2) is 0 Å². The standard InChI is InChI=1S/C30H17NO/c1-3-7-20-17(5-1)9-10-19-11-13-22-23-15-26-24(16-27(23)32-30(22)28(19)20)29-21-8-4-2-6-18(21)12-14-25(29)31-26/h1-16,31H. The van der Waals surface area contributed by atoms with Crippen LogP contribution in [0, 0.1) is 0 Å². The molecule has 1 N–H and O–H groups in total. The first kappa shape index (κ1) is 16.4. The van der Waals surface area contributed by atoms with E-state index in [1.165, 1.54) is 43.1 Å². The number of nitrogens with one attached hydrogen (secondary N) is 1. The van der Waals surface area contributed by atoms with Crippen LogP contribution in [0.4, 0.5) is 0 Å². The second-order valence-corrected chi connectivity index (χ2v) is 8.66. The molecule has 148 valence electrons. The molecule has 0 aliphatic heterocycles. The number of hydrogen-bond donors (Lipinski definition) is 1. The first-order valence-electron chi connectivity index (χ1n) is 10.9. The zero-order chi connectivity index (χ0) is 20.8. The topological polar surface area (TPSA) is 28.9 Å². The Labute approximate surface area is 182 Å². The number of rotatable bonds is 0. The number of hydrogen-bond acceptors (Lipinski definition) is 1. The first-order valence-corrected chi connectivity index (χ1v) is 10.9. The molecule has 2 heteroatoms. The van der Waals surface area contributed by atoms with Crippen LogP contribution in [0.3, 0.4) is 0 Å². The Balaban J connectivity index is 1.57. The maximum Gasteiger partial charge on any atom is 0.143 e. The van der Waals surface area contributed by atoms with Gasteiger partial charge < -0.3 is 9.40 Å². The van der Waals surface area contributed by atoms with Gasteiger partial charge in [0, 0.05) is 38.0 Å². The predicted molar refractivity (Wildman–Crippen MR) is 136 cm³/mol. The Bertz CT molecular complexity index is 2030. The molecular weight excluding hydrogens is 390 g/mol. The normalized spacial score (nSPS) is 12.4. The fourth-order valence-electron chi connectivity index (χ4n) is 5.49. The maximum absolute atomic E-state index is 6.60. The molecule has 8 aromatic rings. The summed E-state index contributed by atoms with van der Waals surface area (Å²) in [4.78, 5) is 3.64. The number of H-pyrrole nitrogens is 1. The summed E-state index contributed by atoms with van der Waals surface area (Å²) in [6, 6.07) is 34.7. The number of aromatic nitrogens is 1. The lowest BCUT2D eigenvalue weighted by Crippen LogP contribution is -1.78. The third-order valence-electron chi connectivity index (χ3n) is 6.95. The molecule has 2 nitrogen and oxygen atoms in total. The molecule has 2 heterocycles. The molecule has 8 rings (SSSR count). The van der Waals surface area contributed by atoms with E-state index in [4.69, 9.17) is 4.42 Å². The summed E-state index contributed by atoms with van der Waals surface area (Å²) in [5, 5.41) is 12.2. The molecule has 0 aliphatic carbocycles. The Morgan fingerprint density at radius 1 is 0.469 bits per heavy atom. The van der Waals surface area contributed by atoms with Crippen molar-refractivity contribution in [3.8, 4) is 0 Å². The fourth-order valence-corrected chi connectivity index (χ4v) is 5.49. The van der Waals surface area contributed by atoms with Gasteiger partial charge in [0.05, 0.1) is 0 Å². The van der Waals surface area contributed by atoms with Crippen molar-refractivity contribution in [3.63, 3.8) is 0 Å². The quantitative estimate of drug-likeness (QED) is 0.250. The Morgan fingerprint density at radius 3 is 2.00 bits per heavy atom. The monoisotopic (exact) mass is 407 g/mol. The molecule has 6 aromatic carbocycles. The number of aromatic amines is 1. The average molecular weight is 407 g/mol. The largest absolute Gasteiger partial charge is 0.455 e. The molecule has 2 aromatic heterocycles. The second kappa shape index (κ2) is 5.68. The summed E-state index contributed by atoms with van der Waals surface area (Å²) in [5.41, 5.74) is 4.20. The highest BCUT2D eigenvalue weighted by Crippen LogP contribution is 2.41. The number of furan rings is 1. The van der Waals surface area contributed by atoms with Crippen molar-refractivity contribution < 1.29 is 4.42 Å². The first-order chi connectivity index (χ1) is 15.8. The highest BCUT2D eigenvalue weighted by Gasteiger charge is 2.16. The van der Waals surface area contributed by atoms with Crippen molar-refractivity contribution in [1.29, 1.82) is 0 Å². The lowest BCUT2D eigenvalue weighted by atomic mass is 9.99. The summed E-state index contributed by atoms with van der Waals surface area (Å²) in [5.74, 6) is 0. The van der Waals surface area contributed by atoms with Crippen LogP contribution < -0.4 is 0 Å². The van der Waals surface area contributed by atoms with E-state index < -0.39 is 0 Å². The van der Waals surface area contributed by atoms with E-state index in [0.717, 1.165) is 33.0 Å². The van der Waals surface area contributed by atoms with Gasteiger partial charge in [-0.3, -0.25) is 0 Å². The summed E-state index contributed by atoms with van der Waals surface area (Å²) < 4.78 is 6.60. The lowest BCUT2D eigenvalue weighted by Gasteiger charge is -2.04. The van der Waals surface area contributed by atoms with Crippen molar-refractivity contribution >= 4 is 76.1 Å². The van der Waals surface area contributed by atoms with Crippen LogP contribution in [-0.4, -0.2) is 4.98 Å². The van der Waals surface area contributed by atoms with Gasteiger partial charge in [0.15, 0.2) is 0 Å². The molecule has 0 atom stereocenters. The SMILES string of the molecule is c1ccc2c(c1)ccc1[nH]c3cc4c(cc3c12)oc1c4ccc2ccc3ccccc3c21. The van der Waals surface area contributed by atoms with E-state index in [9.17, 15) is 0 Å². The van der Waals surface area contributed by atoms with E-state index in [2.05, 4.69) is 102 Å². The molecule has 0 saturated heterocycles. The van der Waals surface area contributed by atoms with Crippen LogP contribution >= 0.6 is 0 Å². The Hall–Kier alpha value is -4.30. The molecule has 0 bridgehead atoms. The highest BCUT2D eigenvalue weighted by atomic mass is 16.3. The minimum absolute atomic E-state index is 0.932. The van der Waals surface area contributed by atoms with Gasteiger partial charge in [0.1, 0.15) is 11.2 Å². The number of benzene rings is 6. The van der Waals surface area contributed by atoms with Crippen LogP contribution in [0.25, 0.3) is 76.1 Å². The smallest absolute Gasteiger partial charge is 0.143 e.